The van der Waals surface area contributed by atoms with Gasteiger partial charge in [0.1, 0.15) is 11.5 Å². The van der Waals surface area contributed by atoms with E-state index in [1.54, 1.807) is 13.0 Å². The van der Waals surface area contributed by atoms with Crippen LogP contribution in [0.2, 0.25) is 0 Å². The Kier molecular flexibility index (Phi) is 6.32. The zero-order valence-corrected chi connectivity index (χ0v) is 18.9. The number of thioether (sulfide) groups is 1. The molecule has 4 rings (SSSR count). The molecule has 0 saturated carbocycles. The first-order chi connectivity index (χ1) is 15.4. The second kappa shape index (κ2) is 9.32. The molecule has 7 nitrogen and oxygen atoms in total. The van der Waals surface area contributed by atoms with Crippen LogP contribution in [-0.2, 0) is 10.5 Å². The second-order valence-corrected chi connectivity index (χ2v) is 8.42. The van der Waals surface area contributed by atoms with Crippen LogP contribution < -0.4 is 15.6 Å². The third kappa shape index (κ3) is 4.86. The number of benzene rings is 2. The molecule has 0 bridgehead atoms. The minimum atomic E-state index is -0.260. The molecular formula is C24H23N3O4S. The Labute approximate surface area is 189 Å². The first-order valence-corrected chi connectivity index (χ1v) is 11.1. The summed E-state index contributed by atoms with van der Waals surface area (Å²) in [5, 5.41) is 2.91. The number of ether oxygens (including phenoxy) is 1. The van der Waals surface area contributed by atoms with Crippen LogP contribution >= 0.6 is 11.8 Å². The third-order valence-electron chi connectivity index (χ3n) is 4.97. The molecular weight excluding hydrogens is 426 g/mol. The van der Waals surface area contributed by atoms with E-state index in [1.165, 1.54) is 22.4 Å². The number of carbonyl (C=O) groups is 1. The van der Waals surface area contributed by atoms with Crippen LogP contribution in [0.1, 0.15) is 22.6 Å². The van der Waals surface area contributed by atoms with Crippen molar-refractivity contribution in [2.75, 3.05) is 11.9 Å². The van der Waals surface area contributed by atoms with Crippen molar-refractivity contribution in [1.82, 2.24) is 9.56 Å². The van der Waals surface area contributed by atoms with Crippen molar-refractivity contribution in [3.63, 3.8) is 0 Å². The van der Waals surface area contributed by atoms with E-state index in [9.17, 15) is 9.59 Å². The average Bonchev–Trinajstić information content (AvgIpc) is 3.15. The number of para-hydroxylation sites is 1. The molecule has 2 aromatic heterocycles. The summed E-state index contributed by atoms with van der Waals surface area (Å²) in [5.74, 6) is 1.55. The summed E-state index contributed by atoms with van der Waals surface area (Å²) >= 11 is 1.49. The van der Waals surface area contributed by atoms with Gasteiger partial charge < -0.3 is 14.6 Å². The van der Waals surface area contributed by atoms with Gasteiger partial charge in [-0.25, -0.2) is 4.98 Å². The number of nitrogens with zero attached hydrogens (tertiary/aromatic N) is 2. The summed E-state index contributed by atoms with van der Waals surface area (Å²) in [6.07, 6.45) is 0. The van der Waals surface area contributed by atoms with E-state index in [2.05, 4.69) is 10.3 Å². The highest BCUT2D eigenvalue weighted by Crippen LogP contribution is 2.29. The van der Waals surface area contributed by atoms with Gasteiger partial charge in [0.25, 0.3) is 11.5 Å². The lowest BCUT2D eigenvalue weighted by atomic mass is 10.1. The molecule has 0 spiro atoms. The van der Waals surface area contributed by atoms with Crippen LogP contribution in [0.15, 0.2) is 68.8 Å². The molecule has 164 valence electrons. The molecule has 0 unspecified atom stereocenters. The molecule has 8 heteroatoms. The highest BCUT2D eigenvalue weighted by Gasteiger charge is 2.11. The van der Waals surface area contributed by atoms with Crippen molar-refractivity contribution in [2.45, 2.75) is 31.4 Å². The zero-order valence-electron chi connectivity index (χ0n) is 18.0. The number of aromatic nitrogens is 2. The number of anilines is 1. The molecule has 2 heterocycles. The smallest absolute Gasteiger partial charge is 0.287 e. The Morgan fingerprint density at radius 2 is 1.94 bits per heavy atom. The number of nitrogens with one attached hydrogen (secondary N) is 1. The lowest BCUT2D eigenvalue weighted by Gasteiger charge is -2.13. The van der Waals surface area contributed by atoms with Gasteiger partial charge in [0, 0.05) is 22.8 Å². The standard InChI is InChI=1S/C24H23N3O4S/c1-15-7-6-9-20(17(15)3)30-13-23(28)26-19-8-4-5-10-21(19)32-14-18-12-24(29)27-22(25-18)11-16(2)31-27/h4-12H,13-14H2,1-3H3,(H,26,28). The maximum Gasteiger partial charge on any atom is 0.287 e. The van der Waals surface area contributed by atoms with Crippen molar-refractivity contribution in [3.05, 3.63) is 87.5 Å². The first kappa shape index (κ1) is 21.7. The Bertz CT molecular complexity index is 1340. The number of carbonyl (C=O) groups excluding carboxylic acids is 1. The summed E-state index contributed by atoms with van der Waals surface area (Å²) < 4.78 is 12.2. The Morgan fingerprint density at radius 3 is 2.78 bits per heavy atom. The number of aryl methyl sites for hydroxylation is 2. The highest BCUT2D eigenvalue weighted by molar-refractivity contribution is 7.98. The van der Waals surface area contributed by atoms with Gasteiger partial charge in [-0.2, -0.15) is 0 Å². The van der Waals surface area contributed by atoms with E-state index in [0.717, 1.165) is 16.0 Å². The molecule has 0 saturated heterocycles. The summed E-state index contributed by atoms with van der Waals surface area (Å²) in [4.78, 5) is 30.1. The Balaban J connectivity index is 1.42. The number of rotatable bonds is 7. The second-order valence-electron chi connectivity index (χ2n) is 7.40. The number of hydrogen-bond donors (Lipinski definition) is 1. The van der Waals surface area contributed by atoms with Gasteiger partial charge in [-0.1, -0.05) is 24.3 Å². The van der Waals surface area contributed by atoms with Crippen LogP contribution in [0.4, 0.5) is 5.69 Å². The minimum absolute atomic E-state index is 0.0852. The van der Waals surface area contributed by atoms with E-state index >= 15 is 0 Å². The Morgan fingerprint density at radius 1 is 1.12 bits per heavy atom. The zero-order chi connectivity index (χ0) is 22.7. The molecule has 0 aliphatic carbocycles. The molecule has 1 N–H and O–H groups in total. The van der Waals surface area contributed by atoms with Crippen molar-refractivity contribution < 1.29 is 14.1 Å². The molecule has 0 radical (unpaired) electrons. The molecule has 0 atom stereocenters. The fourth-order valence-electron chi connectivity index (χ4n) is 3.21. The third-order valence-corrected chi connectivity index (χ3v) is 6.08. The van der Waals surface area contributed by atoms with E-state index in [-0.39, 0.29) is 18.1 Å². The monoisotopic (exact) mass is 449 g/mol. The normalized spacial score (nSPS) is 11.0. The summed E-state index contributed by atoms with van der Waals surface area (Å²) in [6, 6.07) is 16.5. The molecule has 4 aromatic rings. The highest BCUT2D eigenvalue weighted by atomic mass is 32.2. The number of fused-ring (bicyclic) bond motifs is 1. The summed E-state index contributed by atoms with van der Waals surface area (Å²) in [7, 11) is 0. The van der Waals surface area contributed by atoms with E-state index in [1.807, 2.05) is 56.3 Å². The van der Waals surface area contributed by atoms with Gasteiger partial charge in [-0.3, -0.25) is 9.59 Å². The van der Waals surface area contributed by atoms with E-state index in [0.29, 0.717) is 34.3 Å². The van der Waals surface area contributed by atoms with Gasteiger partial charge in [0.05, 0.1) is 11.4 Å². The van der Waals surface area contributed by atoms with Crippen LogP contribution in [0, 0.1) is 20.8 Å². The van der Waals surface area contributed by atoms with E-state index in [4.69, 9.17) is 9.26 Å². The van der Waals surface area contributed by atoms with Crippen LogP contribution in [0.5, 0.6) is 5.75 Å². The van der Waals surface area contributed by atoms with Gasteiger partial charge in [0.2, 0.25) is 0 Å². The van der Waals surface area contributed by atoms with Gasteiger partial charge in [-0.05, 0) is 50.1 Å². The average molecular weight is 450 g/mol. The van der Waals surface area contributed by atoms with E-state index < -0.39 is 0 Å². The minimum Gasteiger partial charge on any atom is -0.483 e. The van der Waals surface area contributed by atoms with Crippen molar-refractivity contribution in [2.24, 2.45) is 0 Å². The summed E-state index contributed by atoms with van der Waals surface area (Å²) in [5.41, 5.74) is 3.68. The summed E-state index contributed by atoms with van der Waals surface area (Å²) in [6.45, 7) is 5.66. The molecule has 0 aliphatic rings. The van der Waals surface area contributed by atoms with Gasteiger partial charge >= 0.3 is 0 Å². The van der Waals surface area contributed by atoms with Crippen LogP contribution in [0.25, 0.3) is 5.65 Å². The first-order valence-electron chi connectivity index (χ1n) is 10.1. The maximum atomic E-state index is 12.5. The predicted octanol–water partition coefficient (Wildman–Crippen LogP) is 4.52. The fraction of sp³-hybridized carbons (Fsp3) is 0.208. The lowest BCUT2D eigenvalue weighted by Crippen LogP contribution is -2.20. The molecule has 0 aliphatic heterocycles. The SMILES string of the molecule is Cc1cc2nc(CSc3ccccc3NC(=O)COc3cccc(C)c3C)cc(=O)n2o1. The topological polar surface area (TPSA) is 85.8 Å². The predicted molar refractivity (Wildman–Crippen MR) is 125 cm³/mol. The molecule has 32 heavy (non-hydrogen) atoms. The van der Waals surface area contributed by atoms with Crippen molar-refractivity contribution >= 4 is 29.0 Å². The number of hydrogen-bond acceptors (Lipinski definition) is 6. The van der Waals surface area contributed by atoms with Crippen molar-refractivity contribution in [1.29, 1.82) is 0 Å². The fourth-order valence-corrected chi connectivity index (χ4v) is 4.11. The largest absolute Gasteiger partial charge is 0.483 e. The number of amides is 1. The Hall–Kier alpha value is -3.52. The molecule has 2 aromatic carbocycles. The van der Waals surface area contributed by atoms with Gasteiger partial charge in [-0.15, -0.1) is 16.3 Å². The lowest BCUT2D eigenvalue weighted by molar-refractivity contribution is -0.118. The van der Waals surface area contributed by atoms with Crippen molar-refractivity contribution in [3.8, 4) is 5.75 Å². The molecule has 0 fully saturated rings. The van der Waals surface area contributed by atoms with Crippen LogP contribution in [0.3, 0.4) is 0 Å². The van der Waals surface area contributed by atoms with Gasteiger partial charge in [0.15, 0.2) is 12.3 Å². The van der Waals surface area contributed by atoms with Crippen LogP contribution in [-0.4, -0.2) is 22.1 Å². The quantitative estimate of drug-likeness (QED) is 0.418. The molecule has 1 amide bonds. The maximum absolute atomic E-state index is 12.5.